The Balaban J connectivity index is 1.62. The number of halogens is 1. The Bertz CT molecular complexity index is 1120. The molecule has 0 saturated heterocycles. The Morgan fingerprint density at radius 1 is 0.848 bits per heavy atom. The molecule has 1 aliphatic rings. The number of benzene rings is 3. The van der Waals surface area contributed by atoms with Crippen molar-refractivity contribution in [1.29, 1.82) is 0 Å². The highest BCUT2D eigenvalue weighted by molar-refractivity contribution is 6.34. The van der Waals surface area contributed by atoms with Gasteiger partial charge in [-0.2, -0.15) is 0 Å². The molecule has 0 heterocycles. The Morgan fingerprint density at radius 2 is 1.61 bits per heavy atom. The molecule has 0 aliphatic heterocycles. The molecule has 5 nitrogen and oxygen atoms in total. The van der Waals surface area contributed by atoms with Crippen LogP contribution in [0.1, 0.15) is 58.4 Å². The number of aryl methyl sites for hydroxylation is 1. The quantitative estimate of drug-likeness (QED) is 0.374. The van der Waals surface area contributed by atoms with Gasteiger partial charge in [0, 0.05) is 23.0 Å². The molecule has 3 aromatic carbocycles. The summed E-state index contributed by atoms with van der Waals surface area (Å²) in [6, 6.07) is 20.3. The largest absolute Gasteiger partial charge is 0.382 e. The first kappa shape index (κ1) is 22.9. The monoisotopic (exact) mass is 461 g/mol. The second-order valence-electron chi connectivity index (χ2n) is 8.45. The van der Waals surface area contributed by atoms with Crippen molar-refractivity contribution in [3.63, 3.8) is 0 Å². The number of hydrogen-bond donors (Lipinski definition) is 3. The molecule has 6 heteroatoms. The number of anilines is 3. The predicted molar refractivity (Wildman–Crippen MR) is 135 cm³/mol. The number of amides is 2. The van der Waals surface area contributed by atoms with E-state index in [1.54, 1.807) is 18.2 Å². The molecule has 33 heavy (non-hydrogen) atoms. The van der Waals surface area contributed by atoms with Gasteiger partial charge in [0.1, 0.15) is 0 Å². The average Bonchev–Trinajstić information content (AvgIpc) is 2.83. The lowest BCUT2D eigenvalue weighted by atomic mass is 9.94. The summed E-state index contributed by atoms with van der Waals surface area (Å²) in [6.45, 7) is 1.89. The van der Waals surface area contributed by atoms with Crippen molar-refractivity contribution in [2.24, 2.45) is 0 Å². The molecular formula is C27H28ClN3O2. The molecule has 0 radical (unpaired) electrons. The summed E-state index contributed by atoms with van der Waals surface area (Å²) in [7, 11) is 0. The number of rotatable bonds is 6. The minimum atomic E-state index is -0.316. The second-order valence-corrected chi connectivity index (χ2v) is 8.85. The normalized spacial score (nSPS) is 13.9. The topological polar surface area (TPSA) is 70.2 Å². The number of nitrogens with one attached hydrogen (secondary N) is 3. The van der Waals surface area contributed by atoms with E-state index in [9.17, 15) is 9.59 Å². The molecule has 1 fully saturated rings. The van der Waals surface area contributed by atoms with Crippen molar-refractivity contribution in [1.82, 2.24) is 0 Å². The van der Waals surface area contributed by atoms with Gasteiger partial charge in [-0.25, -0.2) is 0 Å². The van der Waals surface area contributed by atoms with Crippen LogP contribution in [0.5, 0.6) is 0 Å². The summed E-state index contributed by atoms with van der Waals surface area (Å²) in [4.78, 5) is 26.2. The molecule has 0 bridgehead atoms. The van der Waals surface area contributed by atoms with Crippen molar-refractivity contribution < 1.29 is 9.59 Å². The smallest absolute Gasteiger partial charge is 0.257 e. The lowest BCUT2D eigenvalue weighted by Gasteiger charge is -2.25. The fourth-order valence-corrected chi connectivity index (χ4v) is 4.43. The third kappa shape index (κ3) is 5.74. The minimum Gasteiger partial charge on any atom is -0.382 e. The lowest BCUT2D eigenvalue weighted by Crippen LogP contribution is -2.25. The molecule has 170 valence electrons. The minimum absolute atomic E-state index is 0.261. The SMILES string of the molecule is Cc1cccc(Cl)c1NC(=O)c1ccc(NC2CCCCC2)c(C(=O)Nc2ccccc2)c1. The van der Waals surface area contributed by atoms with E-state index in [0.29, 0.717) is 33.6 Å². The Morgan fingerprint density at radius 3 is 2.33 bits per heavy atom. The van der Waals surface area contributed by atoms with E-state index in [2.05, 4.69) is 16.0 Å². The first-order chi connectivity index (χ1) is 16.0. The van der Waals surface area contributed by atoms with Gasteiger partial charge < -0.3 is 16.0 Å². The van der Waals surface area contributed by atoms with Crippen LogP contribution in [0.25, 0.3) is 0 Å². The van der Waals surface area contributed by atoms with Gasteiger partial charge in [-0.1, -0.05) is 61.2 Å². The average molecular weight is 462 g/mol. The van der Waals surface area contributed by atoms with Crippen molar-refractivity contribution in [3.05, 3.63) is 88.4 Å². The highest BCUT2D eigenvalue weighted by Gasteiger charge is 2.20. The summed E-state index contributed by atoms with van der Waals surface area (Å²) in [5.41, 5.74) is 3.71. The van der Waals surface area contributed by atoms with Crippen LogP contribution in [-0.4, -0.2) is 17.9 Å². The third-order valence-electron chi connectivity index (χ3n) is 5.98. The van der Waals surface area contributed by atoms with Gasteiger partial charge in [-0.05, 0) is 61.7 Å². The maximum Gasteiger partial charge on any atom is 0.257 e. The maximum atomic E-state index is 13.2. The van der Waals surface area contributed by atoms with Crippen LogP contribution in [0.2, 0.25) is 5.02 Å². The molecule has 4 rings (SSSR count). The van der Waals surface area contributed by atoms with Gasteiger partial charge in [-0.3, -0.25) is 9.59 Å². The van der Waals surface area contributed by atoms with Gasteiger partial charge in [0.2, 0.25) is 0 Å². The van der Waals surface area contributed by atoms with Gasteiger partial charge in [0.25, 0.3) is 11.8 Å². The van der Waals surface area contributed by atoms with Crippen LogP contribution >= 0.6 is 11.6 Å². The second kappa shape index (κ2) is 10.5. The van der Waals surface area contributed by atoms with E-state index in [4.69, 9.17) is 11.6 Å². The first-order valence-corrected chi connectivity index (χ1v) is 11.7. The molecule has 3 aromatic rings. The number of para-hydroxylation sites is 2. The molecular weight excluding hydrogens is 434 g/mol. The molecule has 0 atom stereocenters. The van der Waals surface area contributed by atoms with Crippen LogP contribution in [0.3, 0.4) is 0 Å². The summed E-state index contributed by atoms with van der Waals surface area (Å²) in [5, 5.41) is 9.84. The zero-order valence-electron chi connectivity index (χ0n) is 18.7. The molecule has 0 unspecified atom stereocenters. The summed E-state index contributed by atoms with van der Waals surface area (Å²) in [6.07, 6.45) is 5.77. The zero-order valence-corrected chi connectivity index (χ0v) is 19.4. The van der Waals surface area contributed by atoms with E-state index in [1.807, 2.05) is 55.5 Å². The molecule has 0 spiro atoms. The number of hydrogen-bond acceptors (Lipinski definition) is 3. The van der Waals surface area contributed by atoms with E-state index < -0.39 is 0 Å². The van der Waals surface area contributed by atoms with Gasteiger partial charge in [-0.15, -0.1) is 0 Å². The fourth-order valence-electron chi connectivity index (χ4n) is 4.16. The first-order valence-electron chi connectivity index (χ1n) is 11.3. The van der Waals surface area contributed by atoms with Crippen molar-refractivity contribution in [2.45, 2.75) is 45.1 Å². The zero-order chi connectivity index (χ0) is 23.2. The van der Waals surface area contributed by atoms with E-state index in [-0.39, 0.29) is 11.8 Å². The summed E-state index contributed by atoms with van der Waals surface area (Å²) in [5.74, 6) is -0.577. The van der Waals surface area contributed by atoms with Crippen LogP contribution in [0.4, 0.5) is 17.1 Å². The van der Waals surface area contributed by atoms with Gasteiger partial charge >= 0.3 is 0 Å². The molecule has 2 amide bonds. The Hall–Kier alpha value is -3.31. The van der Waals surface area contributed by atoms with Crippen LogP contribution in [0, 0.1) is 6.92 Å². The van der Waals surface area contributed by atoms with E-state index >= 15 is 0 Å². The molecule has 0 aromatic heterocycles. The standard InChI is InChI=1S/C27H28ClN3O2/c1-18-9-8-14-23(28)25(18)31-26(32)19-15-16-24(29-20-10-4-2-5-11-20)22(17-19)27(33)30-21-12-6-3-7-13-21/h3,6-9,12-17,20,29H,2,4-5,10-11H2,1H3,(H,30,33)(H,31,32). The molecule has 1 saturated carbocycles. The predicted octanol–water partition coefficient (Wildman–Crippen LogP) is 6.90. The highest BCUT2D eigenvalue weighted by atomic mass is 35.5. The van der Waals surface area contributed by atoms with E-state index in [0.717, 1.165) is 24.1 Å². The van der Waals surface area contributed by atoms with Crippen LogP contribution in [-0.2, 0) is 0 Å². The summed E-state index contributed by atoms with van der Waals surface area (Å²) >= 11 is 6.28. The van der Waals surface area contributed by atoms with E-state index in [1.165, 1.54) is 19.3 Å². The summed E-state index contributed by atoms with van der Waals surface area (Å²) < 4.78 is 0. The number of carbonyl (C=O) groups is 2. The highest BCUT2D eigenvalue weighted by Crippen LogP contribution is 2.28. The van der Waals surface area contributed by atoms with Crippen LogP contribution < -0.4 is 16.0 Å². The van der Waals surface area contributed by atoms with Gasteiger partial charge in [0.05, 0.1) is 16.3 Å². The number of carbonyl (C=O) groups excluding carboxylic acids is 2. The van der Waals surface area contributed by atoms with Gasteiger partial charge in [0.15, 0.2) is 0 Å². The Labute approximate surface area is 199 Å². The van der Waals surface area contributed by atoms with Crippen molar-refractivity contribution >= 4 is 40.5 Å². The van der Waals surface area contributed by atoms with Crippen LogP contribution in [0.15, 0.2) is 66.7 Å². The lowest BCUT2D eigenvalue weighted by molar-refractivity contribution is 0.102. The fraction of sp³-hybridized carbons (Fsp3) is 0.259. The molecule has 1 aliphatic carbocycles. The maximum absolute atomic E-state index is 13.2. The Kier molecular flexibility index (Phi) is 7.30. The third-order valence-corrected chi connectivity index (χ3v) is 6.30. The van der Waals surface area contributed by atoms with Crippen molar-refractivity contribution in [2.75, 3.05) is 16.0 Å². The van der Waals surface area contributed by atoms with Crippen molar-refractivity contribution in [3.8, 4) is 0 Å². The molecule has 3 N–H and O–H groups in total.